The third-order valence-electron chi connectivity index (χ3n) is 3.31. The number of rotatable bonds is 7. The average Bonchev–Trinajstić information content (AvgIpc) is 2.90. The van der Waals surface area contributed by atoms with Crippen molar-refractivity contribution >= 4 is 22.6 Å². The maximum Gasteiger partial charge on any atom is 0.124 e. The fourth-order valence-electron chi connectivity index (χ4n) is 2.31. The first-order chi connectivity index (χ1) is 10.2. The molecule has 0 bridgehead atoms. The van der Waals surface area contributed by atoms with Crippen LogP contribution in [-0.4, -0.2) is 16.3 Å². The van der Waals surface area contributed by atoms with Crippen LogP contribution in [0.4, 0.5) is 4.39 Å². The van der Waals surface area contributed by atoms with Crippen LogP contribution in [0, 0.1) is 9.39 Å². The summed E-state index contributed by atoms with van der Waals surface area (Å²) in [5.74, 6) is -0.195. The second-order valence-electron chi connectivity index (χ2n) is 5.09. The summed E-state index contributed by atoms with van der Waals surface area (Å²) in [5, 5.41) is 7.94. The van der Waals surface area contributed by atoms with E-state index in [1.807, 2.05) is 16.9 Å². The Morgan fingerprint density at radius 2 is 2.14 bits per heavy atom. The molecule has 1 atom stereocenters. The van der Waals surface area contributed by atoms with Gasteiger partial charge in [-0.2, -0.15) is 5.10 Å². The van der Waals surface area contributed by atoms with E-state index in [2.05, 4.69) is 53.1 Å². The first-order valence-electron chi connectivity index (χ1n) is 7.36. The minimum Gasteiger partial charge on any atom is -0.306 e. The van der Waals surface area contributed by atoms with Gasteiger partial charge in [0.15, 0.2) is 0 Å². The monoisotopic (exact) mass is 401 g/mol. The van der Waals surface area contributed by atoms with Crippen LogP contribution >= 0.6 is 22.6 Å². The minimum atomic E-state index is -0.195. The third-order valence-corrected chi connectivity index (χ3v) is 4.25. The van der Waals surface area contributed by atoms with Crippen molar-refractivity contribution in [1.29, 1.82) is 0 Å². The van der Waals surface area contributed by atoms with Crippen molar-refractivity contribution in [2.45, 2.75) is 39.3 Å². The molecule has 21 heavy (non-hydrogen) atoms. The molecule has 1 N–H and O–H groups in total. The summed E-state index contributed by atoms with van der Waals surface area (Å²) in [6, 6.07) is 5.02. The fraction of sp³-hybridized carbons (Fsp3) is 0.438. The number of nitrogens with one attached hydrogen (secondary N) is 1. The van der Waals surface area contributed by atoms with Crippen LogP contribution in [0.5, 0.6) is 0 Å². The molecule has 0 amide bonds. The normalized spacial score (nSPS) is 12.6. The van der Waals surface area contributed by atoms with Crippen LogP contribution in [0.2, 0.25) is 0 Å². The van der Waals surface area contributed by atoms with Gasteiger partial charge in [0.05, 0.1) is 12.2 Å². The lowest BCUT2D eigenvalue weighted by molar-refractivity contribution is 0.583. The first-order valence-corrected chi connectivity index (χ1v) is 8.44. The van der Waals surface area contributed by atoms with E-state index in [1.54, 1.807) is 6.07 Å². The second kappa shape index (κ2) is 7.89. The lowest BCUT2D eigenvalue weighted by atomic mass is 10.0. The lowest BCUT2D eigenvalue weighted by Crippen LogP contribution is -2.23. The molecule has 2 rings (SSSR count). The number of benzene rings is 1. The molecule has 114 valence electrons. The number of aromatic nitrogens is 2. The highest BCUT2D eigenvalue weighted by molar-refractivity contribution is 14.1. The molecule has 1 heterocycles. The van der Waals surface area contributed by atoms with E-state index in [9.17, 15) is 4.39 Å². The van der Waals surface area contributed by atoms with Crippen LogP contribution in [0.3, 0.4) is 0 Å². The van der Waals surface area contributed by atoms with Crippen LogP contribution in [-0.2, 0) is 6.54 Å². The van der Waals surface area contributed by atoms with E-state index < -0.39 is 0 Å². The highest BCUT2D eigenvalue weighted by atomic mass is 127. The molecule has 2 aromatic rings. The Hall–Kier alpha value is -0.950. The number of nitrogens with zero attached hydrogens (tertiary/aromatic N) is 2. The van der Waals surface area contributed by atoms with Gasteiger partial charge in [-0.05, 0) is 59.7 Å². The predicted octanol–water partition coefficient (Wildman–Crippen LogP) is 4.13. The van der Waals surface area contributed by atoms with Crippen molar-refractivity contribution in [2.24, 2.45) is 0 Å². The Morgan fingerprint density at radius 1 is 1.33 bits per heavy atom. The second-order valence-corrected chi connectivity index (χ2v) is 6.25. The van der Waals surface area contributed by atoms with Crippen molar-refractivity contribution in [3.05, 3.63) is 51.1 Å². The van der Waals surface area contributed by atoms with Gasteiger partial charge in [0.1, 0.15) is 5.82 Å². The van der Waals surface area contributed by atoms with Gasteiger partial charge in [0, 0.05) is 21.9 Å². The lowest BCUT2D eigenvalue weighted by Gasteiger charge is -2.19. The van der Waals surface area contributed by atoms with Gasteiger partial charge in [0.2, 0.25) is 0 Å². The van der Waals surface area contributed by atoms with Crippen molar-refractivity contribution in [2.75, 3.05) is 6.54 Å². The molecule has 0 spiro atoms. The number of aryl methyl sites for hydroxylation is 1. The zero-order valence-corrected chi connectivity index (χ0v) is 14.6. The Morgan fingerprint density at radius 3 is 2.81 bits per heavy atom. The van der Waals surface area contributed by atoms with Gasteiger partial charge in [-0.15, -0.1) is 0 Å². The molecule has 0 fully saturated rings. The highest BCUT2D eigenvalue weighted by Gasteiger charge is 2.18. The molecule has 0 aliphatic heterocycles. The Labute approximate surface area is 139 Å². The Bertz CT molecular complexity index is 583. The molecule has 3 nitrogen and oxygen atoms in total. The summed E-state index contributed by atoms with van der Waals surface area (Å²) < 4.78 is 16.2. The first kappa shape index (κ1) is 16.4. The molecule has 0 saturated carbocycles. The van der Waals surface area contributed by atoms with Crippen LogP contribution in [0.25, 0.3) is 0 Å². The van der Waals surface area contributed by atoms with E-state index in [-0.39, 0.29) is 11.9 Å². The van der Waals surface area contributed by atoms with Crippen molar-refractivity contribution in [3.63, 3.8) is 0 Å². The number of halogens is 2. The molecule has 0 aliphatic carbocycles. The van der Waals surface area contributed by atoms with Gasteiger partial charge in [-0.1, -0.05) is 19.9 Å². The largest absolute Gasteiger partial charge is 0.306 e. The molecule has 5 heteroatoms. The molecule has 0 saturated heterocycles. The van der Waals surface area contributed by atoms with Crippen LogP contribution in [0.15, 0.2) is 30.6 Å². The topological polar surface area (TPSA) is 29.9 Å². The Balaban J connectivity index is 2.32. The minimum absolute atomic E-state index is 0.0584. The van der Waals surface area contributed by atoms with Crippen LogP contribution < -0.4 is 5.32 Å². The molecular weight excluding hydrogens is 380 g/mol. The maximum atomic E-state index is 13.3. The standard InChI is InChI=1S/C16H21FIN3/c1-3-7-19-16(12-10-20-21(11-12)8-4-2)14-6-5-13(17)9-15(14)18/h5-6,9-11,16,19H,3-4,7-8H2,1-2H3. The molecular formula is C16H21FIN3. The zero-order valence-electron chi connectivity index (χ0n) is 12.4. The SMILES string of the molecule is CCCNC(c1cnn(CCC)c1)c1ccc(F)cc1I. The molecule has 1 aromatic heterocycles. The Kier molecular flexibility index (Phi) is 6.17. The summed E-state index contributed by atoms with van der Waals surface area (Å²) in [6.07, 6.45) is 6.10. The number of hydrogen-bond donors (Lipinski definition) is 1. The van der Waals surface area contributed by atoms with Crippen molar-refractivity contribution < 1.29 is 4.39 Å². The molecule has 0 radical (unpaired) electrons. The van der Waals surface area contributed by atoms with Crippen molar-refractivity contribution in [1.82, 2.24) is 15.1 Å². The van der Waals surface area contributed by atoms with Gasteiger partial charge in [0.25, 0.3) is 0 Å². The predicted molar refractivity (Wildman–Crippen MR) is 91.8 cm³/mol. The summed E-state index contributed by atoms with van der Waals surface area (Å²) >= 11 is 2.20. The summed E-state index contributed by atoms with van der Waals surface area (Å²) in [7, 11) is 0. The summed E-state index contributed by atoms with van der Waals surface area (Å²) in [5.41, 5.74) is 2.22. The molecule has 0 aliphatic rings. The fourth-order valence-corrected chi connectivity index (χ4v) is 3.10. The van der Waals surface area contributed by atoms with Crippen molar-refractivity contribution in [3.8, 4) is 0 Å². The quantitative estimate of drug-likeness (QED) is 0.708. The van der Waals surface area contributed by atoms with Gasteiger partial charge in [-0.3, -0.25) is 4.68 Å². The van der Waals surface area contributed by atoms with Gasteiger partial charge in [-0.25, -0.2) is 4.39 Å². The highest BCUT2D eigenvalue weighted by Crippen LogP contribution is 2.26. The summed E-state index contributed by atoms with van der Waals surface area (Å²) in [6.45, 7) is 6.11. The van der Waals surface area contributed by atoms with E-state index >= 15 is 0 Å². The van der Waals surface area contributed by atoms with Gasteiger partial charge >= 0.3 is 0 Å². The maximum absolute atomic E-state index is 13.3. The summed E-state index contributed by atoms with van der Waals surface area (Å²) in [4.78, 5) is 0. The van der Waals surface area contributed by atoms with E-state index in [0.29, 0.717) is 0 Å². The zero-order chi connectivity index (χ0) is 15.2. The number of hydrogen-bond acceptors (Lipinski definition) is 2. The average molecular weight is 401 g/mol. The van der Waals surface area contributed by atoms with E-state index in [0.717, 1.165) is 40.6 Å². The van der Waals surface area contributed by atoms with E-state index in [1.165, 1.54) is 6.07 Å². The molecule has 1 unspecified atom stereocenters. The van der Waals surface area contributed by atoms with Gasteiger partial charge < -0.3 is 5.32 Å². The van der Waals surface area contributed by atoms with E-state index in [4.69, 9.17) is 0 Å². The van der Waals surface area contributed by atoms with Crippen LogP contribution in [0.1, 0.15) is 43.9 Å². The smallest absolute Gasteiger partial charge is 0.124 e. The molecule has 1 aromatic carbocycles. The third kappa shape index (κ3) is 4.26.